The van der Waals surface area contributed by atoms with Gasteiger partial charge in [-0.25, -0.2) is 0 Å². The van der Waals surface area contributed by atoms with Gasteiger partial charge in [-0.2, -0.15) is 0 Å². The van der Waals surface area contributed by atoms with E-state index in [0.29, 0.717) is 0 Å². The first-order chi connectivity index (χ1) is 6.33. The van der Waals surface area contributed by atoms with Crippen LogP contribution in [-0.4, -0.2) is 21.8 Å². The van der Waals surface area contributed by atoms with Crippen molar-refractivity contribution in [2.45, 2.75) is 30.5 Å². The van der Waals surface area contributed by atoms with E-state index in [2.05, 4.69) is 10.2 Å². The number of halogens is 1. The number of alkyl halides is 1. The molecule has 0 atom stereocenters. The van der Waals surface area contributed by atoms with Crippen molar-refractivity contribution >= 4 is 34.7 Å². The van der Waals surface area contributed by atoms with Crippen molar-refractivity contribution in [1.82, 2.24) is 10.2 Å². The summed E-state index contributed by atoms with van der Waals surface area (Å²) in [4.78, 5) is 0. The Balaban J connectivity index is 2.06. The van der Waals surface area contributed by atoms with E-state index in [-0.39, 0.29) is 0 Å². The SMILES string of the molecule is Cc1nnc(SCCCCCCl)s1. The fourth-order valence-corrected chi connectivity index (χ4v) is 2.94. The van der Waals surface area contributed by atoms with Gasteiger partial charge in [0.25, 0.3) is 0 Å². The van der Waals surface area contributed by atoms with Crippen LogP contribution in [-0.2, 0) is 0 Å². The Kier molecular flexibility index (Phi) is 5.75. The summed E-state index contributed by atoms with van der Waals surface area (Å²) in [7, 11) is 0. The molecule has 1 aromatic heterocycles. The molecule has 1 heterocycles. The van der Waals surface area contributed by atoms with Crippen molar-refractivity contribution in [1.29, 1.82) is 0 Å². The van der Waals surface area contributed by atoms with Gasteiger partial charge in [0.15, 0.2) is 4.34 Å². The summed E-state index contributed by atoms with van der Waals surface area (Å²) in [6.07, 6.45) is 3.56. The van der Waals surface area contributed by atoms with Gasteiger partial charge in [-0.15, -0.1) is 21.8 Å². The second kappa shape index (κ2) is 6.62. The number of hydrogen-bond acceptors (Lipinski definition) is 4. The largest absolute Gasteiger partial charge is 0.174 e. The monoisotopic (exact) mass is 236 g/mol. The zero-order chi connectivity index (χ0) is 9.52. The Morgan fingerprint density at radius 2 is 2.15 bits per heavy atom. The first kappa shape index (κ1) is 11.3. The molecule has 0 spiro atoms. The van der Waals surface area contributed by atoms with Crippen LogP contribution in [0.25, 0.3) is 0 Å². The second-order valence-corrected chi connectivity index (χ2v) is 5.59. The first-order valence-corrected chi connectivity index (χ1v) is 6.65. The van der Waals surface area contributed by atoms with Crippen LogP contribution in [0.2, 0.25) is 0 Å². The van der Waals surface area contributed by atoms with E-state index in [1.54, 1.807) is 23.1 Å². The molecule has 13 heavy (non-hydrogen) atoms. The van der Waals surface area contributed by atoms with Gasteiger partial charge in [-0.1, -0.05) is 29.5 Å². The third-order valence-corrected chi connectivity index (χ3v) is 3.84. The summed E-state index contributed by atoms with van der Waals surface area (Å²) in [6, 6.07) is 0. The molecular formula is C8H13ClN2S2. The normalized spacial score (nSPS) is 10.6. The molecular weight excluding hydrogens is 224 g/mol. The van der Waals surface area contributed by atoms with Gasteiger partial charge < -0.3 is 0 Å². The highest BCUT2D eigenvalue weighted by molar-refractivity contribution is 8.01. The minimum Gasteiger partial charge on any atom is -0.143 e. The Labute approximate surface area is 92.1 Å². The van der Waals surface area contributed by atoms with Gasteiger partial charge in [-0.3, -0.25) is 0 Å². The number of aryl methyl sites for hydroxylation is 1. The van der Waals surface area contributed by atoms with E-state index in [1.165, 1.54) is 12.8 Å². The predicted octanol–water partition coefficient (Wildman–Crippen LogP) is 3.35. The number of unbranched alkanes of at least 4 members (excludes halogenated alkanes) is 2. The average molecular weight is 237 g/mol. The van der Waals surface area contributed by atoms with E-state index < -0.39 is 0 Å². The molecule has 0 aliphatic heterocycles. The molecule has 0 aliphatic carbocycles. The molecule has 0 saturated carbocycles. The molecule has 0 fully saturated rings. The lowest BCUT2D eigenvalue weighted by molar-refractivity contribution is 0.782. The number of rotatable bonds is 6. The Bertz CT molecular complexity index is 240. The quantitative estimate of drug-likeness (QED) is 0.430. The molecule has 74 valence electrons. The first-order valence-electron chi connectivity index (χ1n) is 4.32. The van der Waals surface area contributed by atoms with Gasteiger partial charge >= 0.3 is 0 Å². The Morgan fingerprint density at radius 1 is 1.31 bits per heavy atom. The van der Waals surface area contributed by atoms with Crippen molar-refractivity contribution in [3.8, 4) is 0 Å². The van der Waals surface area contributed by atoms with Crippen molar-refractivity contribution < 1.29 is 0 Å². The highest BCUT2D eigenvalue weighted by Crippen LogP contribution is 2.22. The van der Waals surface area contributed by atoms with Crippen LogP contribution in [0.5, 0.6) is 0 Å². The minimum absolute atomic E-state index is 0.780. The zero-order valence-electron chi connectivity index (χ0n) is 7.62. The fourth-order valence-electron chi connectivity index (χ4n) is 0.870. The van der Waals surface area contributed by atoms with Gasteiger partial charge in [0.1, 0.15) is 5.01 Å². The minimum atomic E-state index is 0.780. The van der Waals surface area contributed by atoms with Gasteiger partial charge in [0.05, 0.1) is 0 Å². The average Bonchev–Trinajstić information content (AvgIpc) is 2.51. The third-order valence-electron chi connectivity index (χ3n) is 1.51. The molecule has 1 aromatic rings. The molecule has 0 unspecified atom stereocenters. The van der Waals surface area contributed by atoms with Crippen LogP contribution < -0.4 is 0 Å². The number of aromatic nitrogens is 2. The summed E-state index contributed by atoms with van der Waals surface area (Å²) >= 11 is 9.03. The molecule has 0 bridgehead atoms. The van der Waals surface area contributed by atoms with E-state index in [9.17, 15) is 0 Å². The summed E-state index contributed by atoms with van der Waals surface area (Å²) in [5.41, 5.74) is 0. The van der Waals surface area contributed by atoms with E-state index >= 15 is 0 Å². The number of thioether (sulfide) groups is 1. The lowest BCUT2D eigenvalue weighted by Crippen LogP contribution is -1.82. The maximum atomic E-state index is 5.57. The maximum Gasteiger partial charge on any atom is 0.174 e. The Morgan fingerprint density at radius 3 is 2.77 bits per heavy atom. The second-order valence-electron chi connectivity index (χ2n) is 2.69. The summed E-state index contributed by atoms with van der Waals surface area (Å²) in [5.74, 6) is 1.91. The smallest absolute Gasteiger partial charge is 0.143 e. The van der Waals surface area contributed by atoms with Gasteiger partial charge in [0, 0.05) is 11.6 Å². The molecule has 1 rings (SSSR count). The molecule has 0 radical (unpaired) electrons. The summed E-state index contributed by atoms with van der Waals surface area (Å²) < 4.78 is 1.09. The van der Waals surface area contributed by atoms with Crippen molar-refractivity contribution in [3.63, 3.8) is 0 Å². The molecule has 0 aliphatic rings. The summed E-state index contributed by atoms with van der Waals surface area (Å²) in [6.45, 7) is 1.98. The number of nitrogens with zero attached hydrogens (tertiary/aromatic N) is 2. The fraction of sp³-hybridized carbons (Fsp3) is 0.750. The van der Waals surface area contributed by atoms with E-state index in [1.807, 2.05) is 6.92 Å². The predicted molar refractivity (Wildman–Crippen MR) is 59.9 cm³/mol. The third kappa shape index (κ3) is 4.84. The van der Waals surface area contributed by atoms with Crippen LogP contribution in [0.15, 0.2) is 4.34 Å². The lowest BCUT2D eigenvalue weighted by Gasteiger charge is -1.95. The highest BCUT2D eigenvalue weighted by atomic mass is 35.5. The van der Waals surface area contributed by atoms with Crippen LogP contribution in [0, 0.1) is 6.92 Å². The standard InChI is InChI=1S/C8H13ClN2S2/c1-7-10-11-8(13-7)12-6-4-2-3-5-9/h2-6H2,1H3. The molecule has 0 aromatic carbocycles. The van der Waals surface area contributed by atoms with E-state index in [0.717, 1.165) is 27.4 Å². The van der Waals surface area contributed by atoms with Gasteiger partial charge in [-0.05, 0) is 19.8 Å². The van der Waals surface area contributed by atoms with Crippen LogP contribution in [0.1, 0.15) is 24.3 Å². The molecule has 2 nitrogen and oxygen atoms in total. The van der Waals surface area contributed by atoms with Crippen molar-refractivity contribution in [3.05, 3.63) is 5.01 Å². The van der Waals surface area contributed by atoms with Crippen molar-refractivity contribution in [2.24, 2.45) is 0 Å². The zero-order valence-corrected chi connectivity index (χ0v) is 10.0. The molecule has 0 amide bonds. The van der Waals surface area contributed by atoms with Gasteiger partial charge in [0.2, 0.25) is 0 Å². The van der Waals surface area contributed by atoms with Crippen LogP contribution in [0.4, 0.5) is 0 Å². The summed E-state index contributed by atoms with van der Waals surface area (Å²) in [5, 5.41) is 9.04. The lowest BCUT2D eigenvalue weighted by atomic mass is 10.3. The maximum absolute atomic E-state index is 5.57. The van der Waals surface area contributed by atoms with Crippen LogP contribution in [0.3, 0.4) is 0 Å². The van der Waals surface area contributed by atoms with E-state index in [4.69, 9.17) is 11.6 Å². The molecule has 5 heteroatoms. The molecule has 0 N–H and O–H groups in total. The topological polar surface area (TPSA) is 25.8 Å². The Hall–Kier alpha value is 0.200. The molecule has 0 saturated heterocycles. The van der Waals surface area contributed by atoms with Crippen LogP contribution >= 0.6 is 34.7 Å². The highest BCUT2D eigenvalue weighted by Gasteiger charge is 1.99. The number of hydrogen-bond donors (Lipinski definition) is 0. The van der Waals surface area contributed by atoms with Crippen molar-refractivity contribution in [2.75, 3.05) is 11.6 Å².